The van der Waals surface area contributed by atoms with Gasteiger partial charge in [0.15, 0.2) is 0 Å². The van der Waals surface area contributed by atoms with Gasteiger partial charge in [-0.2, -0.15) is 4.98 Å². The van der Waals surface area contributed by atoms with Crippen molar-refractivity contribution < 1.29 is 9.53 Å². The van der Waals surface area contributed by atoms with E-state index >= 15 is 0 Å². The fourth-order valence-corrected chi connectivity index (χ4v) is 3.85. The summed E-state index contributed by atoms with van der Waals surface area (Å²) in [6, 6.07) is 5.38. The average molecular weight is 298 g/mol. The summed E-state index contributed by atoms with van der Waals surface area (Å²) >= 11 is 0. The van der Waals surface area contributed by atoms with Crippen LogP contribution < -0.4 is 10.3 Å². The van der Waals surface area contributed by atoms with Crippen molar-refractivity contribution in [3.05, 3.63) is 40.3 Å². The third-order valence-corrected chi connectivity index (χ3v) is 4.92. The molecule has 5 nitrogen and oxygen atoms in total. The first-order valence-corrected chi connectivity index (χ1v) is 7.96. The van der Waals surface area contributed by atoms with Crippen LogP contribution in [-0.4, -0.2) is 15.4 Å². The van der Waals surface area contributed by atoms with Gasteiger partial charge in [0.05, 0.1) is 12.0 Å². The van der Waals surface area contributed by atoms with Crippen LogP contribution in [0.15, 0.2) is 29.2 Å². The minimum absolute atomic E-state index is 0.0475. The van der Waals surface area contributed by atoms with Crippen LogP contribution >= 0.6 is 0 Å². The highest BCUT2D eigenvalue weighted by Crippen LogP contribution is 2.42. The first-order valence-electron chi connectivity index (χ1n) is 7.96. The topological polar surface area (TPSA) is 60.7 Å². The number of nitrogens with zero attached hydrogens (tertiary/aromatic N) is 2. The molecule has 3 heterocycles. The van der Waals surface area contributed by atoms with Gasteiger partial charge in [0.1, 0.15) is 5.65 Å². The molecule has 1 fully saturated rings. The molecule has 114 valence electrons. The Kier molecular flexibility index (Phi) is 3.21. The number of carbonyl (C=O) groups is 1. The molecule has 2 aromatic rings. The van der Waals surface area contributed by atoms with E-state index in [1.807, 2.05) is 12.1 Å². The van der Waals surface area contributed by atoms with E-state index in [1.165, 1.54) is 19.3 Å². The van der Waals surface area contributed by atoms with E-state index in [0.29, 0.717) is 23.5 Å². The van der Waals surface area contributed by atoms with Gasteiger partial charge >= 0.3 is 5.97 Å². The minimum atomic E-state index is -0.268. The summed E-state index contributed by atoms with van der Waals surface area (Å²) < 4.78 is 6.83. The highest BCUT2D eigenvalue weighted by molar-refractivity contribution is 5.76. The van der Waals surface area contributed by atoms with E-state index in [0.717, 1.165) is 12.8 Å². The van der Waals surface area contributed by atoms with Crippen LogP contribution in [0.5, 0.6) is 5.88 Å². The third kappa shape index (κ3) is 2.12. The Morgan fingerprint density at radius 3 is 2.77 bits per heavy atom. The summed E-state index contributed by atoms with van der Waals surface area (Å²) in [5.74, 6) is 0.295. The largest absolute Gasteiger partial charge is 0.407 e. The van der Waals surface area contributed by atoms with E-state index < -0.39 is 0 Å². The maximum Gasteiger partial charge on any atom is 0.313 e. The van der Waals surface area contributed by atoms with Gasteiger partial charge in [-0.15, -0.1) is 0 Å². The van der Waals surface area contributed by atoms with Crippen LogP contribution in [0.25, 0.3) is 5.65 Å². The van der Waals surface area contributed by atoms with Gasteiger partial charge in [0, 0.05) is 12.1 Å². The molecule has 5 heteroatoms. The monoisotopic (exact) mass is 298 g/mol. The maximum atomic E-state index is 12.9. The van der Waals surface area contributed by atoms with Crippen LogP contribution in [0.4, 0.5) is 0 Å². The molecule has 4 rings (SSSR count). The molecule has 1 saturated carbocycles. The summed E-state index contributed by atoms with van der Waals surface area (Å²) in [6.45, 7) is 0. The zero-order valence-electron chi connectivity index (χ0n) is 12.3. The van der Waals surface area contributed by atoms with Crippen molar-refractivity contribution >= 4 is 11.6 Å². The third-order valence-electron chi connectivity index (χ3n) is 4.92. The SMILES string of the molecule is O=C1CC(C2CCCCC2)c2c(nc3ccccn3c2=O)O1. The zero-order chi connectivity index (χ0) is 15.1. The molecule has 1 unspecified atom stereocenters. The molecule has 0 N–H and O–H groups in total. The van der Waals surface area contributed by atoms with Gasteiger partial charge in [0.25, 0.3) is 5.56 Å². The molecule has 1 aliphatic heterocycles. The number of pyridine rings is 1. The number of fused-ring (bicyclic) bond motifs is 2. The molecule has 0 radical (unpaired) electrons. The number of esters is 1. The first kappa shape index (κ1) is 13.5. The van der Waals surface area contributed by atoms with E-state index in [4.69, 9.17) is 4.74 Å². The second kappa shape index (κ2) is 5.23. The average Bonchev–Trinajstić information content (AvgIpc) is 2.55. The lowest BCUT2D eigenvalue weighted by Gasteiger charge is -2.32. The van der Waals surface area contributed by atoms with Crippen LogP contribution in [0, 0.1) is 5.92 Å². The predicted octanol–water partition coefficient (Wildman–Crippen LogP) is 2.67. The Bertz CT molecular complexity index is 790. The van der Waals surface area contributed by atoms with Crippen molar-refractivity contribution in [2.45, 2.75) is 44.4 Å². The lowest BCUT2D eigenvalue weighted by molar-refractivity contribution is -0.136. The molecule has 0 spiro atoms. The van der Waals surface area contributed by atoms with Crippen molar-refractivity contribution in [3.63, 3.8) is 0 Å². The molecule has 2 aromatic heterocycles. The van der Waals surface area contributed by atoms with Crippen LogP contribution in [0.3, 0.4) is 0 Å². The van der Waals surface area contributed by atoms with E-state index in [9.17, 15) is 9.59 Å². The molecule has 0 aromatic carbocycles. The van der Waals surface area contributed by atoms with Gasteiger partial charge in [-0.1, -0.05) is 25.3 Å². The van der Waals surface area contributed by atoms with Crippen LogP contribution in [-0.2, 0) is 4.79 Å². The summed E-state index contributed by atoms with van der Waals surface area (Å²) in [7, 11) is 0. The number of hydrogen-bond acceptors (Lipinski definition) is 4. The van der Waals surface area contributed by atoms with Crippen molar-refractivity contribution in [2.75, 3.05) is 0 Å². The van der Waals surface area contributed by atoms with Crippen molar-refractivity contribution in [2.24, 2.45) is 5.92 Å². The molecule has 22 heavy (non-hydrogen) atoms. The minimum Gasteiger partial charge on any atom is -0.407 e. The molecule has 1 atom stereocenters. The zero-order valence-corrected chi connectivity index (χ0v) is 12.3. The number of ether oxygens (including phenoxy) is 1. The van der Waals surface area contributed by atoms with Gasteiger partial charge in [0.2, 0.25) is 5.88 Å². The lowest BCUT2D eigenvalue weighted by atomic mass is 9.75. The smallest absolute Gasteiger partial charge is 0.313 e. The van der Waals surface area contributed by atoms with Gasteiger partial charge in [-0.05, 0) is 30.9 Å². The Balaban J connectivity index is 1.89. The van der Waals surface area contributed by atoms with Crippen molar-refractivity contribution in [1.29, 1.82) is 0 Å². The second-order valence-electron chi connectivity index (χ2n) is 6.25. The number of aromatic nitrogens is 2. The van der Waals surface area contributed by atoms with E-state index in [-0.39, 0.29) is 23.3 Å². The Morgan fingerprint density at radius 2 is 1.95 bits per heavy atom. The van der Waals surface area contributed by atoms with Crippen molar-refractivity contribution in [3.8, 4) is 5.88 Å². The fourth-order valence-electron chi connectivity index (χ4n) is 3.85. The molecule has 0 bridgehead atoms. The van der Waals surface area contributed by atoms with E-state index in [2.05, 4.69) is 4.98 Å². The molecule has 0 saturated heterocycles. The highest BCUT2D eigenvalue weighted by Gasteiger charge is 2.37. The lowest BCUT2D eigenvalue weighted by Crippen LogP contribution is -2.34. The molecule has 0 amide bonds. The fraction of sp³-hybridized carbons (Fsp3) is 0.471. The van der Waals surface area contributed by atoms with E-state index in [1.54, 1.807) is 16.7 Å². The molecular weight excluding hydrogens is 280 g/mol. The molecule has 1 aliphatic carbocycles. The van der Waals surface area contributed by atoms with Gasteiger partial charge in [-0.25, -0.2) is 0 Å². The second-order valence-corrected chi connectivity index (χ2v) is 6.25. The number of carbonyl (C=O) groups excluding carboxylic acids is 1. The summed E-state index contributed by atoms with van der Waals surface area (Å²) in [6.07, 6.45) is 7.77. The molecular formula is C17H18N2O3. The normalized spacial score (nSPS) is 22.4. The summed E-state index contributed by atoms with van der Waals surface area (Å²) in [4.78, 5) is 29.2. The molecule has 2 aliphatic rings. The Labute approximate surface area is 127 Å². The highest BCUT2D eigenvalue weighted by atomic mass is 16.5. The number of hydrogen-bond donors (Lipinski definition) is 0. The number of rotatable bonds is 1. The van der Waals surface area contributed by atoms with Gasteiger partial charge < -0.3 is 4.74 Å². The van der Waals surface area contributed by atoms with Gasteiger partial charge in [-0.3, -0.25) is 14.0 Å². The van der Waals surface area contributed by atoms with Crippen molar-refractivity contribution in [1.82, 2.24) is 9.38 Å². The first-order chi connectivity index (χ1) is 10.7. The Hall–Kier alpha value is -2.17. The predicted molar refractivity (Wildman–Crippen MR) is 81.0 cm³/mol. The summed E-state index contributed by atoms with van der Waals surface area (Å²) in [5.41, 5.74) is 1.02. The summed E-state index contributed by atoms with van der Waals surface area (Å²) in [5, 5.41) is 0. The Morgan fingerprint density at radius 1 is 1.14 bits per heavy atom. The van der Waals surface area contributed by atoms with Crippen LogP contribution in [0.1, 0.15) is 50.0 Å². The van der Waals surface area contributed by atoms with Crippen LogP contribution in [0.2, 0.25) is 0 Å². The quantitative estimate of drug-likeness (QED) is 0.759. The standard InChI is InChI=1S/C17H18N2O3/c20-14-10-12(11-6-2-1-3-7-11)15-16(22-14)18-13-8-4-5-9-19(13)17(15)21/h4-5,8-9,11-12H,1-3,6-7,10H2. The maximum absolute atomic E-state index is 12.9.